The highest BCUT2D eigenvalue weighted by molar-refractivity contribution is 5.90. The molecule has 1 aliphatic rings. The van der Waals surface area contributed by atoms with Crippen molar-refractivity contribution in [3.05, 3.63) is 30.1 Å². The Kier molecular flexibility index (Phi) is 21.8. The number of hydrogen-bond donors (Lipinski definition) is 1. The van der Waals surface area contributed by atoms with Gasteiger partial charge in [0.2, 0.25) is 11.6 Å². The van der Waals surface area contributed by atoms with Crippen LogP contribution in [0.1, 0.15) is 123 Å². The van der Waals surface area contributed by atoms with Gasteiger partial charge in [0.05, 0.1) is 19.1 Å². The first kappa shape index (κ1) is 38.8. The van der Waals surface area contributed by atoms with Gasteiger partial charge in [0, 0.05) is 25.6 Å². The fourth-order valence-electron chi connectivity index (χ4n) is 5.33. The maximum Gasteiger partial charge on any atom is 0.417 e. The molecule has 0 bridgehead atoms. The zero-order chi connectivity index (χ0) is 30.4. The van der Waals surface area contributed by atoms with E-state index in [1.54, 1.807) is 0 Å². The van der Waals surface area contributed by atoms with Crippen molar-refractivity contribution in [1.82, 2.24) is 10.4 Å². The van der Waals surface area contributed by atoms with E-state index in [9.17, 15) is 14.4 Å². The number of nitrogens with zero attached hydrogens (tertiary/aromatic N) is 2. The topological polar surface area (TPSA) is 98.1 Å². The highest BCUT2D eigenvalue weighted by atomic mass is 35.5. The summed E-state index contributed by atoms with van der Waals surface area (Å²) in [7, 11) is 0. The van der Waals surface area contributed by atoms with Crippen LogP contribution >= 0.6 is 0 Å². The molecule has 0 radical (unpaired) electrons. The number of pyridine rings is 1. The Labute approximate surface area is 265 Å². The Morgan fingerprint density at radius 2 is 1.58 bits per heavy atom. The van der Waals surface area contributed by atoms with E-state index in [0.29, 0.717) is 19.6 Å². The first-order chi connectivity index (χ1) is 20.4. The number of imide groups is 1. The Balaban J connectivity index is 0.00000924. The largest absolute Gasteiger partial charge is 1.00 e. The summed E-state index contributed by atoms with van der Waals surface area (Å²) in [6.45, 7) is 7.58. The minimum atomic E-state index is -0.696. The van der Waals surface area contributed by atoms with Gasteiger partial charge in [0.15, 0.2) is 6.20 Å². The zero-order valence-electron chi connectivity index (χ0n) is 26.8. The van der Waals surface area contributed by atoms with E-state index in [0.717, 1.165) is 30.0 Å². The molecule has 2 rings (SSSR count). The summed E-state index contributed by atoms with van der Waals surface area (Å²) in [5.41, 5.74) is 3.64. The molecule has 43 heavy (non-hydrogen) atoms. The average Bonchev–Trinajstić information content (AvgIpc) is 3.43. The van der Waals surface area contributed by atoms with Crippen molar-refractivity contribution >= 4 is 18.0 Å². The number of halogens is 1. The zero-order valence-corrected chi connectivity index (χ0v) is 27.6. The lowest BCUT2D eigenvalue weighted by Crippen LogP contribution is -3.00. The standard InChI is InChI=1S/C33H56N3O6.ClH/c1-4-6-7-8-9-10-11-12-13-14-15-16-18-21-34-42-32(38)24-29-23-31(40-26-29)27-41-33(39)36(28(3)37)25-30-20-17-19-22-35(30)5-2;/h17,19-20,22,29,31,34H,4-16,18,21,23-27H2,1-3H3;1H/q+1;/p-1. The van der Waals surface area contributed by atoms with Gasteiger partial charge in [-0.15, -0.1) is 0 Å². The summed E-state index contributed by atoms with van der Waals surface area (Å²) in [5.74, 6) is -0.673. The van der Waals surface area contributed by atoms with Gasteiger partial charge in [0.1, 0.15) is 19.7 Å². The first-order valence-corrected chi connectivity index (χ1v) is 16.4. The molecule has 1 N–H and O–H groups in total. The molecule has 2 atom stereocenters. The second-order valence-electron chi connectivity index (χ2n) is 11.5. The molecule has 0 spiro atoms. The van der Waals surface area contributed by atoms with E-state index < -0.39 is 6.09 Å². The van der Waals surface area contributed by atoms with E-state index in [4.69, 9.17) is 14.3 Å². The minimum Gasteiger partial charge on any atom is -1.00 e. The number of hydroxylamine groups is 1. The van der Waals surface area contributed by atoms with Crippen molar-refractivity contribution in [2.75, 3.05) is 19.8 Å². The van der Waals surface area contributed by atoms with Gasteiger partial charge in [-0.25, -0.2) is 14.3 Å². The molecular weight excluding hydrogens is 570 g/mol. The molecule has 1 aliphatic heterocycles. The third kappa shape index (κ3) is 17.0. The predicted molar refractivity (Wildman–Crippen MR) is 162 cm³/mol. The number of nitrogens with one attached hydrogen (secondary N) is 1. The second kappa shape index (κ2) is 24.1. The van der Waals surface area contributed by atoms with Gasteiger partial charge in [-0.05, 0) is 25.7 Å². The van der Waals surface area contributed by atoms with Crippen LogP contribution in [0.4, 0.5) is 4.79 Å². The van der Waals surface area contributed by atoms with Gasteiger partial charge in [-0.2, -0.15) is 5.48 Å². The Bertz CT molecular complexity index is 918. The van der Waals surface area contributed by atoms with Crippen molar-refractivity contribution in [1.29, 1.82) is 0 Å². The van der Waals surface area contributed by atoms with Gasteiger partial charge in [0.25, 0.3) is 0 Å². The molecule has 2 heterocycles. The van der Waals surface area contributed by atoms with Crippen LogP contribution in [0.5, 0.6) is 0 Å². The Morgan fingerprint density at radius 3 is 2.19 bits per heavy atom. The molecular formula is C33H56ClN3O6. The average molecular weight is 626 g/mol. The number of amides is 2. The molecule has 1 aromatic heterocycles. The molecule has 9 nitrogen and oxygen atoms in total. The van der Waals surface area contributed by atoms with E-state index in [1.807, 2.05) is 35.9 Å². The van der Waals surface area contributed by atoms with Gasteiger partial charge < -0.3 is 26.7 Å². The summed E-state index contributed by atoms with van der Waals surface area (Å²) in [6, 6.07) is 5.66. The predicted octanol–water partition coefficient (Wildman–Crippen LogP) is 3.42. The quantitative estimate of drug-likeness (QED) is 0.120. The molecule has 1 aromatic rings. The lowest BCUT2D eigenvalue weighted by molar-refractivity contribution is -0.701. The number of carbonyl (C=O) groups excluding carboxylic acids is 3. The number of hydrogen-bond acceptors (Lipinski definition) is 7. The maximum absolute atomic E-state index is 12.7. The van der Waals surface area contributed by atoms with Gasteiger partial charge in [-0.1, -0.05) is 90.0 Å². The highest BCUT2D eigenvalue weighted by Crippen LogP contribution is 2.23. The van der Waals surface area contributed by atoms with Gasteiger partial charge in [-0.3, -0.25) is 9.59 Å². The molecule has 0 aromatic carbocycles. The molecule has 0 saturated carbocycles. The lowest BCUT2D eigenvalue weighted by Gasteiger charge is -2.19. The highest BCUT2D eigenvalue weighted by Gasteiger charge is 2.30. The summed E-state index contributed by atoms with van der Waals surface area (Å²) >= 11 is 0. The van der Waals surface area contributed by atoms with Gasteiger partial charge >= 0.3 is 12.1 Å². The van der Waals surface area contributed by atoms with E-state index in [1.165, 1.54) is 77.6 Å². The Hall–Kier alpha value is -2.23. The number of aromatic nitrogens is 1. The Morgan fingerprint density at radius 1 is 0.953 bits per heavy atom. The number of rotatable bonds is 22. The van der Waals surface area contributed by atoms with Crippen LogP contribution in [-0.2, 0) is 37.0 Å². The van der Waals surface area contributed by atoms with Crippen LogP contribution < -0.4 is 22.5 Å². The third-order valence-corrected chi connectivity index (χ3v) is 7.88. The van der Waals surface area contributed by atoms with Crippen LogP contribution in [0.2, 0.25) is 0 Å². The van der Waals surface area contributed by atoms with E-state index in [-0.39, 0.29) is 55.9 Å². The van der Waals surface area contributed by atoms with Crippen molar-refractivity contribution in [3.8, 4) is 0 Å². The molecule has 2 unspecified atom stereocenters. The summed E-state index contributed by atoms with van der Waals surface area (Å²) in [4.78, 5) is 43.3. The van der Waals surface area contributed by atoms with Crippen molar-refractivity contribution in [2.24, 2.45) is 5.92 Å². The normalized spacial score (nSPS) is 16.0. The minimum absolute atomic E-state index is 0. The van der Waals surface area contributed by atoms with E-state index >= 15 is 0 Å². The molecule has 1 saturated heterocycles. The van der Waals surface area contributed by atoms with Crippen molar-refractivity contribution in [2.45, 2.75) is 136 Å². The first-order valence-electron chi connectivity index (χ1n) is 16.4. The van der Waals surface area contributed by atoms with Crippen LogP contribution in [0, 0.1) is 5.92 Å². The fraction of sp³-hybridized carbons (Fsp3) is 0.758. The number of aryl methyl sites for hydroxylation is 1. The third-order valence-electron chi connectivity index (χ3n) is 7.88. The molecule has 246 valence electrons. The van der Waals surface area contributed by atoms with Crippen molar-refractivity contribution < 1.29 is 45.7 Å². The summed E-state index contributed by atoms with van der Waals surface area (Å²) < 4.78 is 13.1. The van der Waals surface area contributed by atoms with E-state index in [2.05, 4.69) is 12.4 Å². The molecule has 0 aliphatic carbocycles. The molecule has 10 heteroatoms. The lowest BCUT2D eigenvalue weighted by atomic mass is 10.0. The SMILES string of the molecule is CCCCCCCCCCCCCCCNOC(=O)CC1COC(COC(=O)N(Cc2cccc[n+]2CC)C(C)=O)C1.[Cl-]. The fourth-order valence-corrected chi connectivity index (χ4v) is 5.33. The smallest absolute Gasteiger partial charge is 0.417 e. The van der Waals surface area contributed by atoms with Crippen molar-refractivity contribution in [3.63, 3.8) is 0 Å². The molecule has 1 fully saturated rings. The van der Waals surface area contributed by atoms with Crippen LogP contribution in [0.3, 0.4) is 0 Å². The monoisotopic (exact) mass is 625 g/mol. The summed E-state index contributed by atoms with van der Waals surface area (Å²) in [5, 5.41) is 0. The second-order valence-corrected chi connectivity index (χ2v) is 11.5. The molecule has 2 amide bonds. The van der Waals surface area contributed by atoms with Crippen LogP contribution in [0.15, 0.2) is 24.4 Å². The van der Waals surface area contributed by atoms with Crippen LogP contribution in [-0.4, -0.2) is 48.7 Å². The number of carbonyl (C=O) groups is 3. The summed E-state index contributed by atoms with van der Waals surface area (Å²) in [6.07, 6.45) is 18.7. The number of ether oxygens (including phenoxy) is 2. The maximum atomic E-state index is 12.7. The number of unbranched alkanes of at least 4 members (excludes halogenated alkanes) is 12. The van der Waals surface area contributed by atoms with Crippen LogP contribution in [0.25, 0.3) is 0 Å².